The molecule has 1 aromatic carbocycles. The Morgan fingerprint density at radius 2 is 1.95 bits per heavy atom. The van der Waals surface area contributed by atoms with Crippen LogP contribution >= 0.6 is 0 Å². The van der Waals surface area contributed by atoms with E-state index in [2.05, 4.69) is 31.2 Å². The Labute approximate surface area is 126 Å². The van der Waals surface area contributed by atoms with E-state index in [1.54, 1.807) is 0 Å². The van der Waals surface area contributed by atoms with Crippen LogP contribution in [0.3, 0.4) is 0 Å². The third-order valence-electron chi connectivity index (χ3n) is 5.05. The predicted molar refractivity (Wildman–Crippen MR) is 81.9 cm³/mol. The molecule has 0 saturated carbocycles. The largest absolute Gasteiger partial charge is 0.381 e. The molecule has 2 N–H and O–H groups in total. The minimum Gasteiger partial charge on any atom is -0.381 e. The zero-order valence-corrected chi connectivity index (χ0v) is 12.6. The maximum Gasteiger partial charge on any atom is 0.243 e. The van der Waals surface area contributed by atoms with Crippen molar-refractivity contribution in [1.82, 2.24) is 4.90 Å². The van der Waals surface area contributed by atoms with Crippen molar-refractivity contribution in [3.63, 3.8) is 0 Å². The van der Waals surface area contributed by atoms with Crippen LogP contribution in [0.5, 0.6) is 0 Å². The van der Waals surface area contributed by atoms with E-state index in [0.29, 0.717) is 32.0 Å². The van der Waals surface area contributed by atoms with Crippen LogP contribution in [0.15, 0.2) is 30.3 Å². The van der Waals surface area contributed by atoms with Gasteiger partial charge in [0.05, 0.1) is 5.54 Å². The average molecular weight is 288 g/mol. The fraction of sp³-hybridized carbons (Fsp3) is 0.588. The van der Waals surface area contributed by atoms with Gasteiger partial charge >= 0.3 is 0 Å². The lowest BCUT2D eigenvalue weighted by molar-refractivity contribution is -0.141. The van der Waals surface area contributed by atoms with Crippen molar-refractivity contribution < 1.29 is 9.53 Å². The van der Waals surface area contributed by atoms with E-state index < -0.39 is 5.54 Å². The molecule has 2 saturated heterocycles. The molecule has 0 aliphatic carbocycles. The second-order valence-electron chi connectivity index (χ2n) is 6.31. The zero-order valence-electron chi connectivity index (χ0n) is 12.6. The van der Waals surface area contributed by atoms with Crippen LogP contribution in [-0.4, -0.2) is 42.1 Å². The van der Waals surface area contributed by atoms with Gasteiger partial charge in [0.1, 0.15) is 0 Å². The van der Waals surface area contributed by atoms with Gasteiger partial charge in [-0.05, 0) is 31.7 Å². The molecular weight excluding hydrogens is 264 g/mol. The molecule has 1 amide bonds. The lowest BCUT2D eigenvalue weighted by atomic mass is 9.88. The number of likely N-dealkylation sites (tertiary alicyclic amines) is 1. The lowest BCUT2D eigenvalue weighted by Gasteiger charge is -2.37. The highest BCUT2D eigenvalue weighted by Gasteiger charge is 2.44. The van der Waals surface area contributed by atoms with Gasteiger partial charge in [-0.25, -0.2) is 0 Å². The van der Waals surface area contributed by atoms with E-state index in [-0.39, 0.29) is 11.9 Å². The Morgan fingerprint density at radius 3 is 2.62 bits per heavy atom. The summed E-state index contributed by atoms with van der Waals surface area (Å²) in [6.07, 6.45) is 2.28. The maximum atomic E-state index is 12.9. The number of ether oxygens (including phenoxy) is 1. The molecule has 2 fully saturated rings. The van der Waals surface area contributed by atoms with E-state index >= 15 is 0 Å². The molecule has 21 heavy (non-hydrogen) atoms. The van der Waals surface area contributed by atoms with Crippen molar-refractivity contribution in [3.05, 3.63) is 35.9 Å². The minimum atomic E-state index is -0.724. The summed E-state index contributed by atoms with van der Waals surface area (Å²) in [4.78, 5) is 14.8. The first-order valence-corrected chi connectivity index (χ1v) is 7.84. The summed E-state index contributed by atoms with van der Waals surface area (Å²) >= 11 is 0. The summed E-state index contributed by atoms with van der Waals surface area (Å²) in [6.45, 7) is 4.13. The topological polar surface area (TPSA) is 55.6 Å². The van der Waals surface area contributed by atoms with Gasteiger partial charge in [-0.2, -0.15) is 0 Å². The van der Waals surface area contributed by atoms with Crippen LogP contribution in [0.25, 0.3) is 0 Å². The monoisotopic (exact) mass is 288 g/mol. The number of benzene rings is 1. The highest BCUT2D eigenvalue weighted by atomic mass is 16.5. The van der Waals surface area contributed by atoms with E-state index in [9.17, 15) is 4.79 Å². The normalized spacial score (nSPS) is 28.6. The molecule has 2 aliphatic rings. The Bertz CT molecular complexity index is 497. The minimum absolute atomic E-state index is 0.108. The van der Waals surface area contributed by atoms with Crippen molar-refractivity contribution in [2.75, 3.05) is 19.8 Å². The summed E-state index contributed by atoms with van der Waals surface area (Å²) < 4.78 is 5.34. The molecule has 3 rings (SSSR count). The maximum absolute atomic E-state index is 12.9. The summed E-state index contributed by atoms with van der Waals surface area (Å²) in [6, 6.07) is 10.7. The molecule has 4 nitrogen and oxygen atoms in total. The van der Waals surface area contributed by atoms with E-state index in [4.69, 9.17) is 10.5 Å². The Hall–Kier alpha value is -1.39. The quantitative estimate of drug-likeness (QED) is 0.904. The van der Waals surface area contributed by atoms with Gasteiger partial charge in [-0.1, -0.05) is 30.3 Å². The second-order valence-corrected chi connectivity index (χ2v) is 6.31. The summed E-state index contributed by atoms with van der Waals surface area (Å²) in [7, 11) is 0. The Morgan fingerprint density at radius 1 is 1.29 bits per heavy atom. The van der Waals surface area contributed by atoms with E-state index in [0.717, 1.165) is 13.0 Å². The van der Waals surface area contributed by atoms with Gasteiger partial charge in [-0.3, -0.25) is 4.79 Å². The molecule has 2 unspecified atom stereocenters. The fourth-order valence-corrected chi connectivity index (χ4v) is 3.61. The van der Waals surface area contributed by atoms with Crippen molar-refractivity contribution >= 4 is 5.91 Å². The predicted octanol–water partition coefficient (Wildman–Crippen LogP) is 1.90. The van der Waals surface area contributed by atoms with Crippen molar-refractivity contribution in [1.29, 1.82) is 0 Å². The van der Waals surface area contributed by atoms with E-state index in [1.165, 1.54) is 5.56 Å². The number of amides is 1. The first-order chi connectivity index (χ1) is 10.1. The smallest absolute Gasteiger partial charge is 0.243 e. The third-order valence-corrected chi connectivity index (χ3v) is 5.05. The highest BCUT2D eigenvalue weighted by Crippen LogP contribution is 2.35. The van der Waals surface area contributed by atoms with Crippen LogP contribution in [0.4, 0.5) is 0 Å². The molecule has 0 radical (unpaired) electrons. The molecule has 2 atom stereocenters. The van der Waals surface area contributed by atoms with Crippen LogP contribution in [0, 0.1) is 0 Å². The zero-order chi connectivity index (χ0) is 14.9. The summed E-state index contributed by atoms with van der Waals surface area (Å²) in [5.74, 6) is 0.523. The first-order valence-electron chi connectivity index (χ1n) is 7.84. The second kappa shape index (κ2) is 5.78. The van der Waals surface area contributed by atoms with Gasteiger partial charge in [0.25, 0.3) is 0 Å². The summed E-state index contributed by atoms with van der Waals surface area (Å²) in [5.41, 5.74) is 6.95. The average Bonchev–Trinajstić information content (AvgIpc) is 2.89. The Kier molecular flexibility index (Phi) is 4.00. The molecule has 4 heteroatoms. The van der Waals surface area contributed by atoms with Gasteiger partial charge in [-0.15, -0.1) is 0 Å². The summed E-state index contributed by atoms with van der Waals surface area (Å²) in [5, 5.41) is 0. The molecule has 114 valence electrons. The fourth-order valence-electron chi connectivity index (χ4n) is 3.61. The first kappa shape index (κ1) is 14.5. The van der Waals surface area contributed by atoms with Crippen LogP contribution in [0.1, 0.15) is 37.7 Å². The number of carbonyl (C=O) groups is 1. The number of nitrogens with zero attached hydrogens (tertiary/aromatic N) is 1. The van der Waals surface area contributed by atoms with Crippen LogP contribution < -0.4 is 5.73 Å². The lowest BCUT2D eigenvalue weighted by Crippen LogP contribution is -2.58. The highest BCUT2D eigenvalue weighted by molar-refractivity contribution is 5.87. The van der Waals surface area contributed by atoms with Crippen molar-refractivity contribution in [2.24, 2.45) is 5.73 Å². The SMILES string of the molecule is CC1C(c2ccccc2)CCN1C(=O)C1(N)CCOCC1. The molecular formula is C17H24N2O2. The van der Waals surface area contributed by atoms with Gasteiger partial charge in [0.2, 0.25) is 5.91 Å². The number of nitrogens with two attached hydrogens (primary N) is 1. The number of carbonyl (C=O) groups excluding carboxylic acids is 1. The van der Waals surface area contributed by atoms with Crippen LogP contribution in [0.2, 0.25) is 0 Å². The van der Waals surface area contributed by atoms with Crippen molar-refractivity contribution in [3.8, 4) is 0 Å². The van der Waals surface area contributed by atoms with Crippen LogP contribution in [-0.2, 0) is 9.53 Å². The number of hydrogen-bond acceptors (Lipinski definition) is 3. The van der Waals surface area contributed by atoms with Crippen molar-refractivity contribution in [2.45, 2.75) is 43.7 Å². The number of rotatable bonds is 2. The molecule has 2 aliphatic heterocycles. The molecule has 2 heterocycles. The molecule has 0 bridgehead atoms. The van der Waals surface area contributed by atoms with Gasteiger partial charge < -0.3 is 15.4 Å². The third kappa shape index (κ3) is 2.70. The molecule has 0 spiro atoms. The molecule has 0 aromatic heterocycles. The van der Waals surface area contributed by atoms with Gasteiger partial charge in [0, 0.05) is 31.7 Å². The molecule has 1 aromatic rings. The van der Waals surface area contributed by atoms with Gasteiger partial charge in [0.15, 0.2) is 0 Å². The standard InChI is InChI=1S/C17H24N2O2/c1-13-15(14-5-3-2-4-6-14)7-10-19(13)16(20)17(18)8-11-21-12-9-17/h2-6,13,15H,7-12,18H2,1H3. The Balaban J connectivity index is 1.74. The van der Waals surface area contributed by atoms with E-state index in [1.807, 2.05) is 11.0 Å². The number of hydrogen-bond donors (Lipinski definition) is 1.